The van der Waals surface area contributed by atoms with E-state index in [4.69, 9.17) is 61.9 Å². The van der Waals surface area contributed by atoms with Crippen molar-refractivity contribution < 1.29 is 71.5 Å². The molecule has 0 spiro atoms. The molecule has 0 aliphatic rings. The van der Waals surface area contributed by atoms with Crippen LogP contribution in [0.15, 0.2) is 0 Å². The molecule has 46 heavy (non-hydrogen) atoms. The first-order chi connectivity index (χ1) is 22.7. The van der Waals surface area contributed by atoms with Crippen molar-refractivity contribution in [2.45, 2.75) is 39.0 Å². The van der Waals surface area contributed by atoms with Crippen molar-refractivity contribution in [2.75, 3.05) is 152 Å². The molecule has 15 nitrogen and oxygen atoms in total. The lowest BCUT2D eigenvalue weighted by Crippen LogP contribution is -2.15. The highest BCUT2D eigenvalue weighted by molar-refractivity contribution is 5.69. The summed E-state index contributed by atoms with van der Waals surface area (Å²) in [6.45, 7) is 12.2. The molecule has 0 saturated heterocycles. The highest BCUT2D eigenvalue weighted by Crippen LogP contribution is 2.00. The Balaban J connectivity index is 3.08. The van der Waals surface area contributed by atoms with E-state index in [1.165, 1.54) is 0 Å². The number of aliphatic carboxylic acids is 1. The molecule has 0 aromatic rings. The summed E-state index contributed by atoms with van der Waals surface area (Å²) in [5.41, 5.74) is 0. The molecule has 0 bridgehead atoms. The Morgan fingerprint density at radius 1 is 0.370 bits per heavy atom. The van der Waals surface area contributed by atoms with Gasteiger partial charge in [-0.05, 0) is 6.42 Å². The van der Waals surface area contributed by atoms with Gasteiger partial charge in [-0.1, -0.05) is 19.8 Å². The molecule has 0 aliphatic heterocycles. The van der Waals surface area contributed by atoms with E-state index in [9.17, 15) is 9.59 Å². The minimum absolute atomic E-state index is 0.00476. The van der Waals surface area contributed by atoms with Crippen LogP contribution in [0.1, 0.15) is 39.0 Å². The quantitative estimate of drug-likeness (QED) is 0.0739. The van der Waals surface area contributed by atoms with Gasteiger partial charge < -0.3 is 61.9 Å². The highest BCUT2D eigenvalue weighted by Gasteiger charge is 2.02. The Kier molecular flexibility index (Phi) is 38.4. The number of carbonyl (C=O) groups is 2. The van der Waals surface area contributed by atoms with E-state index in [-0.39, 0.29) is 25.6 Å². The Hall–Kier alpha value is -1.50. The van der Waals surface area contributed by atoms with Crippen LogP contribution < -0.4 is 0 Å². The van der Waals surface area contributed by atoms with Gasteiger partial charge in [-0.2, -0.15) is 0 Å². The van der Waals surface area contributed by atoms with Gasteiger partial charge in [-0.3, -0.25) is 9.59 Å². The van der Waals surface area contributed by atoms with E-state index in [2.05, 4.69) is 6.92 Å². The number of rotatable bonds is 40. The summed E-state index contributed by atoms with van der Waals surface area (Å²) < 4.78 is 64.4. The molecule has 0 aromatic carbocycles. The first kappa shape index (κ1) is 44.5. The van der Waals surface area contributed by atoms with Gasteiger partial charge >= 0.3 is 11.9 Å². The molecule has 0 aliphatic carbocycles. The second-order valence-electron chi connectivity index (χ2n) is 9.56. The Bertz CT molecular complexity index is 627. The molecular weight excluding hydrogens is 612 g/mol. The average Bonchev–Trinajstić information content (AvgIpc) is 3.04. The van der Waals surface area contributed by atoms with E-state index in [0.717, 1.165) is 19.3 Å². The lowest BCUT2D eigenvalue weighted by Gasteiger charge is -2.09. The van der Waals surface area contributed by atoms with E-state index < -0.39 is 5.97 Å². The second-order valence-corrected chi connectivity index (χ2v) is 9.56. The van der Waals surface area contributed by atoms with E-state index in [1.54, 1.807) is 0 Å². The van der Waals surface area contributed by atoms with Crippen LogP contribution >= 0.6 is 0 Å². The predicted octanol–water partition coefficient (Wildman–Crippen LogP) is 1.77. The van der Waals surface area contributed by atoms with Crippen LogP contribution in [0, 0.1) is 0 Å². The van der Waals surface area contributed by atoms with Crippen LogP contribution in [0.2, 0.25) is 0 Å². The summed E-state index contributed by atoms with van der Waals surface area (Å²) in [7, 11) is 0. The van der Waals surface area contributed by atoms with Gasteiger partial charge in [0.1, 0.15) is 6.61 Å². The number of carboxylic acid groups (broad SMARTS) is 1. The normalized spacial score (nSPS) is 11.3. The molecular formula is C31H60O15. The SMILES string of the molecule is CCCCCC(=O)OCCOCCOCCOCCOCCOCCOCCOCCOCCOCCOCCOCCC(=O)O. The monoisotopic (exact) mass is 672 g/mol. The van der Waals surface area contributed by atoms with E-state index in [0.29, 0.717) is 145 Å². The Labute approximate surface area is 274 Å². The fourth-order valence-electron chi connectivity index (χ4n) is 3.27. The third-order valence-electron chi connectivity index (χ3n) is 5.66. The summed E-state index contributed by atoms with van der Waals surface area (Å²) in [5.74, 6) is -1.04. The van der Waals surface area contributed by atoms with Gasteiger partial charge in [0.05, 0.1) is 152 Å². The van der Waals surface area contributed by atoms with E-state index >= 15 is 0 Å². The molecule has 0 rings (SSSR count). The fraction of sp³-hybridized carbons (Fsp3) is 0.935. The predicted molar refractivity (Wildman–Crippen MR) is 166 cm³/mol. The molecule has 0 heterocycles. The van der Waals surface area contributed by atoms with Crippen molar-refractivity contribution in [2.24, 2.45) is 0 Å². The number of carboxylic acids is 1. The zero-order valence-electron chi connectivity index (χ0n) is 28.0. The molecule has 0 amide bonds. The number of hydrogen-bond donors (Lipinski definition) is 1. The van der Waals surface area contributed by atoms with Crippen LogP contribution in [0.25, 0.3) is 0 Å². The summed E-state index contributed by atoms with van der Waals surface area (Å²) in [5, 5.41) is 8.48. The van der Waals surface area contributed by atoms with Crippen LogP contribution in [-0.2, 0) is 66.4 Å². The number of hydrogen-bond acceptors (Lipinski definition) is 14. The van der Waals surface area contributed by atoms with Crippen molar-refractivity contribution in [1.29, 1.82) is 0 Å². The smallest absolute Gasteiger partial charge is 0.305 e. The largest absolute Gasteiger partial charge is 0.481 e. The molecule has 15 heteroatoms. The summed E-state index contributed by atoms with van der Waals surface area (Å²) >= 11 is 0. The maximum Gasteiger partial charge on any atom is 0.305 e. The summed E-state index contributed by atoms with van der Waals surface area (Å²) in [4.78, 5) is 21.8. The van der Waals surface area contributed by atoms with Gasteiger partial charge in [0.15, 0.2) is 0 Å². The highest BCUT2D eigenvalue weighted by atomic mass is 16.6. The van der Waals surface area contributed by atoms with Crippen molar-refractivity contribution in [3.8, 4) is 0 Å². The Morgan fingerprint density at radius 2 is 0.630 bits per heavy atom. The van der Waals surface area contributed by atoms with E-state index in [1.807, 2.05) is 0 Å². The second kappa shape index (κ2) is 39.7. The number of esters is 1. The maximum atomic E-state index is 11.4. The van der Waals surface area contributed by atoms with Crippen LogP contribution in [-0.4, -0.2) is 169 Å². The zero-order chi connectivity index (χ0) is 33.4. The fourth-order valence-corrected chi connectivity index (χ4v) is 3.27. The van der Waals surface area contributed by atoms with Crippen molar-refractivity contribution in [3.63, 3.8) is 0 Å². The minimum atomic E-state index is -0.876. The summed E-state index contributed by atoms with van der Waals surface area (Å²) in [6.07, 6.45) is 3.47. The third kappa shape index (κ3) is 40.5. The topological polar surface area (TPSA) is 165 Å². The standard InChI is InChI=1S/C31H60O15/c1-2-3-4-5-31(34)46-29-28-45-27-26-44-25-24-43-23-22-42-21-20-41-19-18-40-17-16-39-15-14-38-13-12-37-11-10-36-9-8-35-7-6-30(32)33/h2-29H2,1H3,(H,32,33). The van der Waals surface area contributed by atoms with Crippen LogP contribution in [0.5, 0.6) is 0 Å². The maximum absolute atomic E-state index is 11.4. The van der Waals surface area contributed by atoms with Crippen molar-refractivity contribution in [1.82, 2.24) is 0 Å². The number of ether oxygens (including phenoxy) is 12. The summed E-state index contributed by atoms with van der Waals surface area (Å²) in [6, 6.07) is 0. The van der Waals surface area contributed by atoms with Gasteiger partial charge in [-0.15, -0.1) is 0 Å². The van der Waals surface area contributed by atoms with Crippen molar-refractivity contribution in [3.05, 3.63) is 0 Å². The first-order valence-corrected chi connectivity index (χ1v) is 16.4. The third-order valence-corrected chi connectivity index (χ3v) is 5.66. The minimum Gasteiger partial charge on any atom is -0.481 e. The lowest BCUT2D eigenvalue weighted by molar-refractivity contribution is -0.145. The molecule has 0 unspecified atom stereocenters. The number of carbonyl (C=O) groups excluding carboxylic acids is 1. The van der Waals surface area contributed by atoms with Gasteiger partial charge in [-0.25, -0.2) is 0 Å². The lowest BCUT2D eigenvalue weighted by atomic mass is 10.2. The van der Waals surface area contributed by atoms with Gasteiger partial charge in [0.2, 0.25) is 0 Å². The molecule has 0 saturated carbocycles. The van der Waals surface area contributed by atoms with Crippen LogP contribution in [0.4, 0.5) is 0 Å². The molecule has 0 radical (unpaired) electrons. The molecule has 1 N–H and O–H groups in total. The van der Waals surface area contributed by atoms with Crippen molar-refractivity contribution >= 4 is 11.9 Å². The molecule has 0 atom stereocenters. The molecule has 274 valence electrons. The van der Waals surface area contributed by atoms with Gasteiger partial charge in [0.25, 0.3) is 0 Å². The molecule has 0 fully saturated rings. The molecule has 0 aromatic heterocycles. The van der Waals surface area contributed by atoms with Gasteiger partial charge in [0, 0.05) is 6.42 Å². The zero-order valence-corrected chi connectivity index (χ0v) is 28.0. The Morgan fingerprint density at radius 3 is 0.891 bits per heavy atom. The number of unbranched alkanes of at least 4 members (excludes halogenated alkanes) is 2. The van der Waals surface area contributed by atoms with Crippen LogP contribution in [0.3, 0.4) is 0 Å². The first-order valence-electron chi connectivity index (χ1n) is 16.4. The average molecular weight is 673 g/mol.